The predicted octanol–water partition coefficient (Wildman–Crippen LogP) is 2.58. The molecule has 1 N–H and O–H groups in total. The van der Waals surface area contributed by atoms with Gasteiger partial charge in [-0.1, -0.05) is 42.5 Å². The fourth-order valence-corrected chi connectivity index (χ4v) is 4.46. The number of rotatable bonds is 7. The summed E-state index contributed by atoms with van der Waals surface area (Å²) in [4.78, 5) is 44.7. The van der Waals surface area contributed by atoms with Crippen LogP contribution in [0.3, 0.4) is 0 Å². The average molecular weight is 463 g/mol. The molecule has 0 unspecified atom stereocenters. The normalized spacial score (nSPS) is 18.5. The maximum absolute atomic E-state index is 13.8. The van der Waals surface area contributed by atoms with E-state index in [1.165, 1.54) is 4.90 Å². The summed E-state index contributed by atoms with van der Waals surface area (Å²) in [5, 5.41) is 2.94. The highest BCUT2D eigenvalue weighted by molar-refractivity contribution is 6.03. The van der Waals surface area contributed by atoms with Gasteiger partial charge in [0.2, 0.25) is 5.91 Å². The highest BCUT2D eigenvalue weighted by Crippen LogP contribution is 2.37. The lowest BCUT2D eigenvalue weighted by Gasteiger charge is -2.31. The molecule has 8 nitrogen and oxygen atoms in total. The van der Waals surface area contributed by atoms with Gasteiger partial charge in [-0.2, -0.15) is 0 Å². The summed E-state index contributed by atoms with van der Waals surface area (Å²) in [6.45, 7) is 2.64. The molecule has 0 aliphatic carbocycles. The monoisotopic (exact) mass is 462 g/mol. The fourth-order valence-electron chi connectivity index (χ4n) is 4.46. The zero-order valence-electron chi connectivity index (χ0n) is 19.9. The summed E-state index contributed by atoms with van der Waals surface area (Å²) < 4.78 is 5.24. The standard InChI is InChI=1S/C26H30N4O4/c1-5-28(2)24(31)20(15-17-9-7-6-8-10-17)30-16-21-22(25(30)32)23(27-26(33)29(21)3)18-11-13-19(34-4)14-12-18/h6-14,20,23H,5,15-16H2,1-4H3,(H,27,33)/t20-,23+/m1/s1. The van der Waals surface area contributed by atoms with Crippen LogP contribution < -0.4 is 10.1 Å². The van der Waals surface area contributed by atoms with E-state index in [0.717, 1.165) is 11.1 Å². The van der Waals surface area contributed by atoms with Gasteiger partial charge in [-0.05, 0) is 30.2 Å². The van der Waals surface area contributed by atoms with Crippen LogP contribution in [0.5, 0.6) is 5.75 Å². The van der Waals surface area contributed by atoms with Crippen molar-refractivity contribution in [2.24, 2.45) is 0 Å². The molecule has 0 saturated heterocycles. The second-order valence-corrected chi connectivity index (χ2v) is 8.57. The first-order valence-corrected chi connectivity index (χ1v) is 11.4. The van der Waals surface area contributed by atoms with Crippen LogP contribution in [0.25, 0.3) is 0 Å². The third-order valence-corrected chi connectivity index (χ3v) is 6.62. The Kier molecular flexibility index (Phi) is 6.58. The van der Waals surface area contributed by atoms with Crippen molar-refractivity contribution >= 4 is 17.8 Å². The molecule has 0 fully saturated rings. The molecule has 2 aliphatic rings. The van der Waals surface area contributed by atoms with Gasteiger partial charge in [-0.15, -0.1) is 0 Å². The van der Waals surface area contributed by atoms with Crippen LogP contribution in [0.15, 0.2) is 65.9 Å². The predicted molar refractivity (Wildman–Crippen MR) is 128 cm³/mol. The summed E-state index contributed by atoms with van der Waals surface area (Å²) in [5.74, 6) is 0.330. The van der Waals surface area contributed by atoms with Crippen LogP contribution in [-0.4, -0.2) is 72.9 Å². The van der Waals surface area contributed by atoms with Crippen molar-refractivity contribution in [3.05, 3.63) is 77.0 Å². The number of carbonyl (C=O) groups excluding carboxylic acids is 3. The Bertz CT molecular complexity index is 1110. The Labute approximate surface area is 199 Å². The molecule has 0 spiro atoms. The van der Waals surface area contributed by atoms with E-state index >= 15 is 0 Å². The van der Waals surface area contributed by atoms with Crippen LogP contribution in [0, 0.1) is 0 Å². The number of hydrogen-bond donors (Lipinski definition) is 1. The van der Waals surface area contributed by atoms with Gasteiger partial charge < -0.3 is 19.9 Å². The number of ether oxygens (including phenoxy) is 1. The minimum Gasteiger partial charge on any atom is -0.497 e. The summed E-state index contributed by atoms with van der Waals surface area (Å²) in [6.07, 6.45) is 0.397. The van der Waals surface area contributed by atoms with Crippen LogP contribution in [0.1, 0.15) is 24.1 Å². The van der Waals surface area contributed by atoms with E-state index in [1.807, 2.05) is 49.4 Å². The van der Waals surface area contributed by atoms with Crippen LogP contribution in [-0.2, 0) is 16.0 Å². The number of nitrogens with one attached hydrogen (secondary N) is 1. The zero-order chi connectivity index (χ0) is 24.4. The lowest BCUT2D eigenvalue weighted by atomic mass is 9.95. The Morgan fingerprint density at radius 2 is 1.82 bits per heavy atom. The molecule has 2 aliphatic heterocycles. The maximum Gasteiger partial charge on any atom is 0.322 e. The first-order chi connectivity index (χ1) is 16.3. The van der Waals surface area contributed by atoms with Gasteiger partial charge in [-0.25, -0.2) is 4.79 Å². The van der Waals surface area contributed by atoms with Crippen LogP contribution in [0.4, 0.5) is 4.79 Å². The number of amides is 4. The smallest absolute Gasteiger partial charge is 0.322 e. The van der Waals surface area contributed by atoms with Crippen molar-refractivity contribution in [3.63, 3.8) is 0 Å². The zero-order valence-corrected chi connectivity index (χ0v) is 19.9. The van der Waals surface area contributed by atoms with E-state index in [9.17, 15) is 14.4 Å². The first kappa shape index (κ1) is 23.4. The lowest BCUT2D eigenvalue weighted by molar-refractivity contribution is -0.141. The van der Waals surface area contributed by atoms with E-state index in [2.05, 4.69) is 5.32 Å². The number of benzene rings is 2. The molecule has 8 heteroatoms. The van der Waals surface area contributed by atoms with Gasteiger partial charge in [0.1, 0.15) is 11.8 Å². The van der Waals surface area contributed by atoms with E-state index in [-0.39, 0.29) is 24.4 Å². The molecule has 0 saturated carbocycles. The molecule has 4 rings (SSSR count). The molecular weight excluding hydrogens is 432 g/mol. The Balaban J connectivity index is 1.70. The Morgan fingerprint density at radius 3 is 2.44 bits per heavy atom. The summed E-state index contributed by atoms with van der Waals surface area (Å²) in [6, 6.07) is 15.4. The third kappa shape index (κ3) is 4.23. The number of nitrogens with zero attached hydrogens (tertiary/aromatic N) is 3. The molecule has 34 heavy (non-hydrogen) atoms. The first-order valence-electron chi connectivity index (χ1n) is 11.4. The molecule has 0 bridgehead atoms. The number of methoxy groups -OCH3 is 1. The number of likely N-dealkylation sites (N-methyl/N-ethyl adjacent to an activating group) is 2. The summed E-state index contributed by atoms with van der Waals surface area (Å²) >= 11 is 0. The second-order valence-electron chi connectivity index (χ2n) is 8.57. The second kappa shape index (κ2) is 9.59. The van der Waals surface area contributed by atoms with Crippen molar-refractivity contribution in [2.75, 3.05) is 34.3 Å². The highest BCUT2D eigenvalue weighted by Gasteiger charge is 2.46. The minimum absolute atomic E-state index is 0.123. The maximum atomic E-state index is 13.8. The van der Waals surface area contributed by atoms with Gasteiger partial charge in [0.15, 0.2) is 0 Å². The third-order valence-electron chi connectivity index (χ3n) is 6.62. The molecule has 178 valence electrons. The molecule has 2 atom stereocenters. The minimum atomic E-state index is -0.675. The largest absolute Gasteiger partial charge is 0.497 e. The van der Waals surface area contributed by atoms with Crippen molar-refractivity contribution in [2.45, 2.75) is 25.4 Å². The van der Waals surface area contributed by atoms with Gasteiger partial charge in [0.05, 0.1) is 31.0 Å². The highest BCUT2D eigenvalue weighted by atomic mass is 16.5. The molecule has 4 amide bonds. The summed E-state index contributed by atoms with van der Waals surface area (Å²) in [5.41, 5.74) is 2.87. The SMILES string of the molecule is CCN(C)C(=O)[C@@H](Cc1ccccc1)N1CC2=C(C1=O)[C@H](c1ccc(OC)cc1)NC(=O)N2C. The van der Waals surface area contributed by atoms with Gasteiger partial charge in [0.25, 0.3) is 5.91 Å². The van der Waals surface area contributed by atoms with Crippen molar-refractivity contribution in [1.29, 1.82) is 0 Å². The van der Waals surface area contributed by atoms with E-state index < -0.39 is 12.1 Å². The molecule has 2 heterocycles. The summed E-state index contributed by atoms with van der Waals surface area (Å²) in [7, 11) is 4.98. The average Bonchev–Trinajstić information content (AvgIpc) is 3.21. The quantitative estimate of drug-likeness (QED) is 0.686. The molecule has 0 aromatic heterocycles. The number of hydrogen-bond acceptors (Lipinski definition) is 4. The Morgan fingerprint density at radius 1 is 1.15 bits per heavy atom. The van der Waals surface area contributed by atoms with Crippen molar-refractivity contribution in [3.8, 4) is 5.75 Å². The number of urea groups is 1. The topological polar surface area (TPSA) is 82.2 Å². The molecule has 2 aromatic rings. The van der Waals surface area contributed by atoms with Crippen LogP contribution >= 0.6 is 0 Å². The van der Waals surface area contributed by atoms with Gasteiger partial charge >= 0.3 is 6.03 Å². The van der Waals surface area contributed by atoms with Crippen LogP contribution in [0.2, 0.25) is 0 Å². The lowest BCUT2D eigenvalue weighted by Crippen LogP contribution is -2.50. The fraction of sp³-hybridized carbons (Fsp3) is 0.346. The molecular formula is C26H30N4O4. The Hall–Kier alpha value is -3.81. The van der Waals surface area contributed by atoms with Crippen molar-refractivity contribution < 1.29 is 19.1 Å². The van der Waals surface area contributed by atoms with E-state index in [0.29, 0.717) is 30.0 Å². The van der Waals surface area contributed by atoms with Gasteiger partial charge in [-0.3, -0.25) is 14.5 Å². The van der Waals surface area contributed by atoms with E-state index in [4.69, 9.17) is 4.74 Å². The van der Waals surface area contributed by atoms with Gasteiger partial charge in [0, 0.05) is 27.1 Å². The van der Waals surface area contributed by atoms with Crippen molar-refractivity contribution in [1.82, 2.24) is 20.0 Å². The molecule has 0 radical (unpaired) electrons. The number of carbonyl (C=O) groups is 3. The van der Waals surface area contributed by atoms with E-state index in [1.54, 1.807) is 43.1 Å². The molecule has 2 aromatic carbocycles.